The Bertz CT molecular complexity index is 687. The summed E-state index contributed by atoms with van der Waals surface area (Å²) in [7, 11) is 3.87. The Kier molecular flexibility index (Phi) is 3.68. The quantitative estimate of drug-likeness (QED) is 0.801. The monoisotopic (exact) mass is 365 g/mol. The number of rotatable bonds is 2. The number of anilines is 1. The molecular weight excluding hydrogens is 350 g/mol. The van der Waals surface area contributed by atoms with Crippen molar-refractivity contribution in [2.45, 2.75) is 25.4 Å². The highest BCUT2D eigenvalue weighted by Gasteiger charge is 2.40. The van der Waals surface area contributed by atoms with Gasteiger partial charge in [0, 0.05) is 37.2 Å². The van der Waals surface area contributed by atoms with Crippen molar-refractivity contribution in [3.63, 3.8) is 0 Å². The van der Waals surface area contributed by atoms with E-state index in [0.29, 0.717) is 18.5 Å². The first-order valence-electron chi connectivity index (χ1n) is 7.03. The zero-order valence-corrected chi connectivity index (χ0v) is 13.9. The summed E-state index contributed by atoms with van der Waals surface area (Å²) in [5.41, 5.74) is 2.49. The summed E-state index contributed by atoms with van der Waals surface area (Å²) in [6.07, 6.45) is 0.642. The lowest BCUT2D eigenvalue weighted by Gasteiger charge is -2.29. The largest absolute Gasteiger partial charge is 0.378 e. The average molecular weight is 366 g/mol. The van der Waals surface area contributed by atoms with Gasteiger partial charge in [0.25, 0.3) is 5.91 Å². The van der Waals surface area contributed by atoms with E-state index in [4.69, 9.17) is 0 Å². The van der Waals surface area contributed by atoms with Crippen LogP contribution in [0.25, 0.3) is 0 Å². The molecule has 7 heteroatoms. The normalized spacial score (nSPS) is 21.0. The Balaban J connectivity index is 1.92. The van der Waals surface area contributed by atoms with E-state index in [-0.39, 0.29) is 24.1 Å². The number of amides is 3. The van der Waals surface area contributed by atoms with Crippen LogP contribution in [0.5, 0.6) is 0 Å². The first-order chi connectivity index (χ1) is 10.4. The Morgan fingerprint density at radius 2 is 2.00 bits per heavy atom. The van der Waals surface area contributed by atoms with Gasteiger partial charge in [-0.05, 0) is 40.0 Å². The van der Waals surface area contributed by atoms with Crippen molar-refractivity contribution in [3.05, 3.63) is 27.7 Å². The van der Waals surface area contributed by atoms with Gasteiger partial charge in [0.2, 0.25) is 11.8 Å². The topological polar surface area (TPSA) is 69.7 Å². The molecule has 2 heterocycles. The van der Waals surface area contributed by atoms with Crippen molar-refractivity contribution >= 4 is 39.3 Å². The molecule has 2 aliphatic rings. The van der Waals surface area contributed by atoms with Crippen LogP contribution < -0.4 is 10.2 Å². The maximum atomic E-state index is 12.6. The lowest BCUT2D eigenvalue weighted by molar-refractivity contribution is -0.136. The predicted molar refractivity (Wildman–Crippen MR) is 84.5 cm³/mol. The number of benzene rings is 1. The van der Waals surface area contributed by atoms with Crippen LogP contribution in [0.3, 0.4) is 0 Å². The molecule has 1 aromatic rings. The second-order valence-corrected chi connectivity index (χ2v) is 6.61. The fourth-order valence-electron chi connectivity index (χ4n) is 2.90. The molecule has 0 aromatic heterocycles. The highest BCUT2D eigenvalue weighted by molar-refractivity contribution is 9.10. The third-order valence-corrected chi connectivity index (χ3v) is 4.70. The Hall–Kier alpha value is -1.89. The molecule has 1 fully saturated rings. The van der Waals surface area contributed by atoms with Gasteiger partial charge in [-0.2, -0.15) is 0 Å². The Labute approximate surface area is 136 Å². The van der Waals surface area contributed by atoms with E-state index >= 15 is 0 Å². The van der Waals surface area contributed by atoms with Crippen molar-refractivity contribution in [1.82, 2.24) is 10.2 Å². The second kappa shape index (κ2) is 5.39. The molecular formula is C15H16BrN3O3. The molecule has 1 atom stereocenters. The van der Waals surface area contributed by atoms with Gasteiger partial charge in [0.05, 0.1) is 5.56 Å². The Morgan fingerprint density at radius 3 is 2.64 bits per heavy atom. The summed E-state index contributed by atoms with van der Waals surface area (Å²) in [4.78, 5) is 39.4. The summed E-state index contributed by atoms with van der Waals surface area (Å²) in [6, 6.07) is 3.28. The summed E-state index contributed by atoms with van der Waals surface area (Å²) in [5, 5.41) is 2.31. The van der Waals surface area contributed by atoms with Crippen LogP contribution in [0.15, 0.2) is 16.6 Å². The SMILES string of the molecule is CN(C)c1cc(Br)c2c(c1)CN(C1CCC(=O)NC1=O)C2=O. The molecule has 0 radical (unpaired) electrons. The molecule has 1 unspecified atom stereocenters. The van der Waals surface area contributed by atoms with E-state index in [0.717, 1.165) is 15.7 Å². The third-order valence-electron chi connectivity index (χ3n) is 4.07. The highest BCUT2D eigenvalue weighted by atomic mass is 79.9. The van der Waals surface area contributed by atoms with Crippen LogP contribution in [0, 0.1) is 0 Å². The van der Waals surface area contributed by atoms with Gasteiger partial charge in [-0.15, -0.1) is 0 Å². The van der Waals surface area contributed by atoms with Gasteiger partial charge in [-0.25, -0.2) is 0 Å². The first-order valence-corrected chi connectivity index (χ1v) is 7.82. The molecule has 0 bridgehead atoms. The number of hydrogen-bond acceptors (Lipinski definition) is 4. The number of nitrogens with zero attached hydrogens (tertiary/aromatic N) is 2. The summed E-state index contributed by atoms with van der Waals surface area (Å²) in [5.74, 6) is -0.829. The van der Waals surface area contributed by atoms with E-state index < -0.39 is 6.04 Å². The molecule has 3 rings (SSSR count). The van der Waals surface area contributed by atoms with Gasteiger partial charge in [0.15, 0.2) is 0 Å². The number of nitrogens with one attached hydrogen (secondary N) is 1. The lowest BCUT2D eigenvalue weighted by Crippen LogP contribution is -2.52. The van der Waals surface area contributed by atoms with Gasteiger partial charge in [-0.3, -0.25) is 19.7 Å². The molecule has 0 saturated carbocycles. The number of carbonyl (C=O) groups excluding carboxylic acids is 3. The van der Waals surface area contributed by atoms with Crippen molar-refractivity contribution < 1.29 is 14.4 Å². The van der Waals surface area contributed by atoms with Gasteiger partial charge < -0.3 is 9.80 Å². The van der Waals surface area contributed by atoms with Crippen LogP contribution in [-0.2, 0) is 16.1 Å². The van der Waals surface area contributed by atoms with Gasteiger partial charge >= 0.3 is 0 Å². The third kappa shape index (κ3) is 2.39. The minimum atomic E-state index is -0.577. The maximum absolute atomic E-state index is 12.6. The zero-order chi connectivity index (χ0) is 16.0. The molecule has 6 nitrogen and oxygen atoms in total. The fourth-order valence-corrected chi connectivity index (χ4v) is 3.56. The van der Waals surface area contributed by atoms with E-state index in [1.165, 1.54) is 0 Å². The molecule has 22 heavy (non-hydrogen) atoms. The molecule has 2 aliphatic heterocycles. The second-order valence-electron chi connectivity index (χ2n) is 5.76. The van der Waals surface area contributed by atoms with Crippen molar-refractivity contribution in [3.8, 4) is 0 Å². The standard InChI is InChI=1S/C15H16BrN3O3/c1-18(2)9-5-8-7-19(15(22)13(8)10(16)6-9)11-3-4-12(20)17-14(11)21/h5-6,11H,3-4,7H2,1-2H3,(H,17,20,21). The van der Waals surface area contributed by atoms with E-state index in [2.05, 4.69) is 21.2 Å². The summed E-state index contributed by atoms with van der Waals surface area (Å²) in [6.45, 7) is 0.390. The zero-order valence-electron chi connectivity index (χ0n) is 12.4. The van der Waals surface area contributed by atoms with E-state index in [1.807, 2.05) is 31.1 Å². The fraction of sp³-hybridized carbons (Fsp3) is 0.400. The molecule has 1 aromatic carbocycles. The molecule has 1 N–H and O–H groups in total. The molecule has 116 valence electrons. The average Bonchev–Trinajstić information content (AvgIpc) is 2.76. The molecule has 3 amide bonds. The first kappa shape index (κ1) is 15.0. The molecule has 0 aliphatic carbocycles. The van der Waals surface area contributed by atoms with Crippen LogP contribution in [0.1, 0.15) is 28.8 Å². The van der Waals surface area contributed by atoms with Crippen LogP contribution >= 0.6 is 15.9 Å². The smallest absolute Gasteiger partial charge is 0.256 e. The van der Waals surface area contributed by atoms with Crippen molar-refractivity contribution in [2.75, 3.05) is 19.0 Å². The molecule has 1 saturated heterocycles. The minimum absolute atomic E-state index is 0.165. The summed E-state index contributed by atoms with van der Waals surface area (Å²) < 4.78 is 0.730. The number of imide groups is 1. The van der Waals surface area contributed by atoms with E-state index in [9.17, 15) is 14.4 Å². The highest BCUT2D eigenvalue weighted by Crippen LogP contribution is 2.35. The van der Waals surface area contributed by atoms with Crippen LogP contribution in [-0.4, -0.2) is 42.8 Å². The minimum Gasteiger partial charge on any atom is -0.378 e. The van der Waals surface area contributed by atoms with Crippen molar-refractivity contribution in [2.24, 2.45) is 0 Å². The number of hydrogen-bond donors (Lipinski definition) is 1. The van der Waals surface area contributed by atoms with Crippen LogP contribution in [0.4, 0.5) is 5.69 Å². The predicted octanol–water partition coefficient (Wildman–Crippen LogP) is 1.28. The number of carbonyl (C=O) groups is 3. The number of halogens is 1. The van der Waals surface area contributed by atoms with Crippen LogP contribution in [0.2, 0.25) is 0 Å². The summed E-state index contributed by atoms with van der Waals surface area (Å²) >= 11 is 3.45. The maximum Gasteiger partial charge on any atom is 0.256 e. The van der Waals surface area contributed by atoms with Crippen molar-refractivity contribution in [1.29, 1.82) is 0 Å². The Morgan fingerprint density at radius 1 is 1.27 bits per heavy atom. The number of fused-ring (bicyclic) bond motifs is 1. The molecule has 0 spiro atoms. The lowest BCUT2D eigenvalue weighted by atomic mass is 10.0. The number of piperidine rings is 1. The van der Waals surface area contributed by atoms with Gasteiger partial charge in [0.1, 0.15) is 6.04 Å². The van der Waals surface area contributed by atoms with E-state index in [1.54, 1.807) is 4.90 Å². The van der Waals surface area contributed by atoms with Gasteiger partial charge in [-0.1, -0.05) is 0 Å².